The van der Waals surface area contributed by atoms with Crippen molar-refractivity contribution in [2.24, 2.45) is 0 Å². The molecule has 0 aliphatic heterocycles. The highest BCUT2D eigenvalue weighted by Gasteiger charge is 2.33. The van der Waals surface area contributed by atoms with E-state index in [1.165, 1.54) is 0 Å². The number of aryl methyl sites for hydroxylation is 1. The van der Waals surface area contributed by atoms with Gasteiger partial charge in [-0.3, -0.25) is 4.79 Å². The van der Waals surface area contributed by atoms with E-state index in [1.54, 1.807) is 25.1 Å². The first-order valence-corrected chi connectivity index (χ1v) is 6.71. The molecular weight excluding hydrogens is 229 g/mol. The largest absolute Gasteiger partial charge is 0.336 e. The van der Waals surface area contributed by atoms with Gasteiger partial charge in [0.05, 0.1) is 5.56 Å². The Hall–Kier alpha value is -1.38. The zero-order chi connectivity index (χ0) is 13.1. The van der Waals surface area contributed by atoms with Crippen LogP contribution in [0.3, 0.4) is 0 Å². The van der Waals surface area contributed by atoms with Gasteiger partial charge in [0.2, 0.25) is 0 Å². The van der Waals surface area contributed by atoms with Gasteiger partial charge in [0.1, 0.15) is 5.82 Å². The van der Waals surface area contributed by atoms with Crippen molar-refractivity contribution in [2.75, 3.05) is 6.54 Å². The molecule has 0 heterocycles. The van der Waals surface area contributed by atoms with Crippen LogP contribution in [0.4, 0.5) is 4.39 Å². The minimum Gasteiger partial charge on any atom is -0.336 e. The van der Waals surface area contributed by atoms with E-state index < -0.39 is 0 Å². The number of nitrogens with zero attached hydrogens (tertiary/aromatic N) is 1. The van der Waals surface area contributed by atoms with Crippen LogP contribution in [0.2, 0.25) is 0 Å². The van der Waals surface area contributed by atoms with E-state index in [0.717, 1.165) is 32.2 Å². The van der Waals surface area contributed by atoms with Gasteiger partial charge in [-0.1, -0.05) is 25.5 Å². The van der Waals surface area contributed by atoms with Gasteiger partial charge in [0.15, 0.2) is 0 Å². The van der Waals surface area contributed by atoms with Crippen LogP contribution in [0.1, 0.15) is 48.5 Å². The van der Waals surface area contributed by atoms with E-state index in [9.17, 15) is 9.18 Å². The molecule has 2 rings (SSSR count). The van der Waals surface area contributed by atoms with Crippen LogP contribution >= 0.6 is 0 Å². The number of benzene rings is 1. The lowest BCUT2D eigenvalue weighted by Crippen LogP contribution is -2.34. The fraction of sp³-hybridized carbons (Fsp3) is 0.533. The number of carbonyl (C=O) groups is 1. The summed E-state index contributed by atoms with van der Waals surface area (Å²) in [6.07, 6.45) is 4.15. The molecule has 1 aliphatic rings. The minimum absolute atomic E-state index is 0.146. The zero-order valence-corrected chi connectivity index (χ0v) is 11.1. The molecule has 1 aromatic carbocycles. The average molecular weight is 249 g/mol. The Morgan fingerprint density at radius 3 is 2.78 bits per heavy atom. The number of amides is 1. The van der Waals surface area contributed by atoms with Crippen LogP contribution < -0.4 is 0 Å². The van der Waals surface area contributed by atoms with Crippen LogP contribution in [0, 0.1) is 12.7 Å². The fourth-order valence-corrected chi connectivity index (χ4v) is 2.13. The third-order valence-corrected chi connectivity index (χ3v) is 3.42. The Balaban J connectivity index is 2.19. The summed E-state index contributed by atoms with van der Waals surface area (Å²) in [5.41, 5.74) is 0.755. The van der Waals surface area contributed by atoms with Gasteiger partial charge >= 0.3 is 0 Å². The Morgan fingerprint density at radius 2 is 2.17 bits per heavy atom. The Kier molecular flexibility index (Phi) is 4.00. The maximum Gasteiger partial charge on any atom is 0.257 e. The number of carbonyl (C=O) groups excluding carboxylic acids is 1. The molecular formula is C15H20FNO. The highest BCUT2D eigenvalue weighted by atomic mass is 19.1. The summed E-state index contributed by atoms with van der Waals surface area (Å²) in [6.45, 7) is 4.54. The van der Waals surface area contributed by atoms with Crippen molar-refractivity contribution in [3.63, 3.8) is 0 Å². The summed E-state index contributed by atoms with van der Waals surface area (Å²) in [6, 6.07) is 5.37. The number of rotatable bonds is 5. The molecule has 0 unspecified atom stereocenters. The van der Waals surface area contributed by atoms with Crippen LogP contribution in [-0.4, -0.2) is 23.4 Å². The maximum absolute atomic E-state index is 14.0. The molecule has 0 atom stereocenters. The molecule has 3 heteroatoms. The summed E-state index contributed by atoms with van der Waals surface area (Å²) in [5, 5.41) is 0. The summed E-state index contributed by atoms with van der Waals surface area (Å²) >= 11 is 0. The van der Waals surface area contributed by atoms with Gasteiger partial charge < -0.3 is 4.90 Å². The predicted molar refractivity (Wildman–Crippen MR) is 70.1 cm³/mol. The van der Waals surface area contributed by atoms with Gasteiger partial charge in [-0.05, 0) is 37.8 Å². The van der Waals surface area contributed by atoms with E-state index >= 15 is 0 Å². The summed E-state index contributed by atoms with van der Waals surface area (Å²) in [5.74, 6) is -0.517. The van der Waals surface area contributed by atoms with Gasteiger partial charge in [0, 0.05) is 12.6 Å². The third kappa shape index (κ3) is 2.71. The first-order valence-electron chi connectivity index (χ1n) is 6.71. The summed E-state index contributed by atoms with van der Waals surface area (Å²) in [7, 11) is 0. The molecule has 0 aromatic heterocycles. The van der Waals surface area contributed by atoms with Gasteiger partial charge in [-0.2, -0.15) is 0 Å². The fourth-order valence-electron chi connectivity index (χ4n) is 2.13. The highest BCUT2D eigenvalue weighted by Crippen LogP contribution is 2.29. The molecule has 1 saturated carbocycles. The van der Waals surface area contributed by atoms with E-state index in [1.807, 2.05) is 4.90 Å². The van der Waals surface area contributed by atoms with Crippen molar-refractivity contribution in [2.45, 2.75) is 45.6 Å². The normalized spacial score (nSPS) is 14.6. The van der Waals surface area contributed by atoms with E-state index in [4.69, 9.17) is 0 Å². The molecule has 1 aliphatic carbocycles. The van der Waals surface area contributed by atoms with Gasteiger partial charge in [-0.15, -0.1) is 0 Å². The quantitative estimate of drug-likeness (QED) is 0.781. The molecule has 18 heavy (non-hydrogen) atoms. The summed E-state index contributed by atoms with van der Waals surface area (Å²) in [4.78, 5) is 14.2. The second kappa shape index (κ2) is 5.51. The molecule has 0 saturated heterocycles. The van der Waals surface area contributed by atoms with Crippen molar-refractivity contribution in [3.8, 4) is 0 Å². The smallest absolute Gasteiger partial charge is 0.257 e. The number of hydrogen-bond donors (Lipinski definition) is 0. The number of halogens is 1. The lowest BCUT2D eigenvalue weighted by Gasteiger charge is -2.22. The monoisotopic (exact) mass is 249 g/mol. The number of unbranched alkanes of at least 4 members (excludes halogenated alkanes) is 1. The van der Waals surface area contributed by atoms with Crippen LogP contribution in [0.15, 0.2) is 18.2 Å². The lowest BCUT2D eigenvalue weighted by atomic mass is 10.1. The summed E-state index contributed by atoms with van der Waals surface area (Å²) < 4.78 is 14.0. The SMILES string of the molecule is CCCCN(C(=O)c1cccc(C)c1F)C1CC1. The standard InChI is InChI=1S/C15H20FNO/c1-3-4-10-17(12-8-9-12)15(18)13-7-5-6-11(2)14(13)16/h5-7,12H,3-4,8-10H2,1-2H3. The molecule has 1 fully saturated rings. The number of hydrogen-bond acceptors (Lipinski definition) is 1. The first-order chi connectivity index (χ1) is 8.65. The molecule has 0 radical (unpaired) electrons. The van der Waals surface area contributed by atoms with Crippen LogP contribution in [0.25, 0.3) is 0 Å². The molecule has 0 bridgehead atoms. The predicted octanol–water partition coefficient (Wildman–Crippen LogP) is 3.54. The molecule has 1 amide bonds. The van der Waals surface area contributed by atoms with Crippen molar-refractivity contribution in [1.29, 1.82) is 0 Å². The molecule has 2 nitrogen and oxygen atoms in total. The van der Waals surface area contributed by atoms with Crippen LogP contribution in [-0.2, 0) is 0 Å². The van der Waals surface area contributed by atoms with E-state index in [-0.39, 0.29) is 17.3 Å². The van der Waals surface area contributed by atoms with E-state index in [2.05, 4.69) is 6.92 Å². The zero-order valence-electron chi connectivity index (χ0n) is 11.1. The average Bonchev–Trinajstić information content (AvgIpc) is 3.17. The molecule has 1 aromatic rings. The van der Waals surface area contributed by atoms with Crippen molar-refractivity contribution in [1.82, 2.24) is 4.90 Å². The van der Waals surface area contributed by atoms with Crippen molar-refractivity contribution < 1.29 is 9.18 Å². The second-order valence-corrected chi connectivity index (χ2v) is 5.02. The van der Waals surface area contributed by atoms with Crippen LogP contribution in [0.5, 0.6) is 0 Å². The van der Waals surface area contributed by atoms with Crippen molar-refractivity contribution >= 4 is 5.91 Å². The van der Waals surface area contributed by atoms with Gasteiger partial charge in [-0.25, -0.2) is 4.39 Å². The first kappa shape index (κ1) is 13.1. The minimum atomic E-state index is -0.371. The highest BCUT2D eigenvalue weighted by molar-refractivity contribution is 5.95. The topological polar surface area (TPSA) is 20.3 Å². The molecule has 98 valence electrons. The Morgan fingerprint density at radius 1 is 1.44 bits per heavy atom. The third-order valence-electron chi connectivity index (χ3n) is 3.42. The Labute approximate surface area is 108 Å². The molecule has 0 spiro atoms. The van der Waals surface area contributed by atoms with E-state index in [0.29, 0.717) is 11.6 Å². The van der Waals surface area contributed by atoms with Crippen molar-refractivity contribution in [3.05, 3.63) is 35.1 Å². The molecule has 0 N–H and O–H groups in total. The maximum atomic E-state index is 14.0. The second-order valence-electron chi connectivity index (χ2n) is 5.02. The lowest BCUT2D eigenvalue weighted by molar-refractivity contribution is 0.0736. The Bertz CT molecular complexity index is 440. The van der Waals surface area contributed by atoms with Gasteiger partial charge in [0.25, 0.3) is 5.91 Å².